The van der Waals surface area contributed by atoms with Gasteiger partial charge in [0.15, 0.2) is 0 Å². The molecule has 0 spiro atoms. The number of hydrazine groups is 1. The molecule has 0 atom stereocenters. The van der Waals surface area contributed by atoms with Gasteiger partial charge in [0, 0.05) is 12.1 Å². The highest BCUT2D eigenvalue weighted by molar-refractivity contribution is 5.44. The van der Waals surface area contributed by atoms with Crippen molar-refractivity contribution in [1.29, 1.82) is 0 Å². The zero-order valence-electron chi connectivity index (χ0n) is 10.2. The van der Waals surface area contributed by atoms with Crippen molar-refractivity contribution in [3.8, 4) is 0 Å². The van der Waals surface area contributed by atoms with Crippen molar-refractivity contribution in [3.63, 3.8) is 0 Å². The van der Waals surface area contributed by atoms with E-state index < -0.39 is 0 Å². The van der Waals surface area contributed by atoms with E-state index in [-0.39, 0.29) is 5.82 Å². The molecule has 94 valence electrons. The molecule has 4 heteroatoms. The third-order valence-electron chi connectivity index (χ3n) is 3.49. The highest BCUT2D eigenvalue weighted by Crippen LogP contribution is 2.20. The summed E-state index contributed by atoms with van der Waals surface area (Å²) in [4.78, 5) is 2.31. The summed E-state index contributed by atoms with van der Waals surface area (Å²) in [5.74, 6) is 5.87. The fourth-order valence-corrected chi connectivity index (χ4v) is 2.23. The van der Waals surface area contributed by atoms with Crippen molar-refractivity contribution in [2.24, 2.45) is 11.8 Å². The zero-order valence-corrected chi connectivity index (χ0v) is 10.2. The van der Waals surface area contributed by atoms with Crippen LogP contribution >= 0.6 is 0 Å². The molecule has 0 aliphatic carbocycles. The van der Waals surface area contributed by atoms with Crippen LogP contribution in [0.5, 0.6) is 0 Å². The van der Waals surface area contributed by atoms with E-state index in [0.29, 0.717) is 12.2 Å². The smallest absolute Gasteiger partial charge is 0.129 e. The number of nitrogens with zero attached hydrogens (tertiary/aromatic N) is 1. The summed E-state index contributed by atoms with van der Waals surface area (Å²) in [7, 11) is 0. The molecular formula is C13H20FN3. The molecule has 1 aliphatic rings. The number of nitrogens with one attached hydrogen (secondary N) is 1. The molecule has 0 bridgehead atoms. The summed E-state index contributed by atoms with van der Waals surface area (Å²) in [6.07, 6.45) is 2.42. The summed E-state index contributed by atoms with van der Waals surface area (Å²) in [5, 5.41) is 0. The fourth-order valence-electron chi connectivity index (χ4n) is 2.23. The summed E-state index contributed by atoms with van der Waals surface area (Å²) in [6.45, 7) is 5.11. The Kier molecular flexibility index (Phi) is 3.97. The largest absolute Gasteiger partial charge is 0.324 e. The highest BCUT2D eigenvalue weighted by atomic mass is 19.1. The molecule has 0 radical (unpaired) electrons. The van der Waals surface area contributed by atoms with Crippen molar-refractivity contribution in [2.45, 2.75) is 26.3 Å². The molecule has 1 saturated heterocycles. The number of hydrogen-bond acceptors (Lipinski definition) is 3. The van der Waals surface area contributed by atoms with Gasteiger partial charge in [-0.3, -0.25) is 10.7 Å². The Morgan fingerprint density at radius 3 is 2.71 bits per heavy atom. The fraction of sp³-hybridized carbons (Fsp3) is 0.538. The van der Waals surface area contributed by atoms with E-state index in [2.05, 4.69) is 17.2 Å². The Hall–Kier alpha value is -1.13. The van der Waals surface area contributed by atoms with Crippen LogP contribution in [0.25, 0.3) is 0 Å². The maximum Gasteiger partial charge on any atom is 0.129 e. The first kappa shape index (κ1) is 12.3. The van der Waals surface area contributed by atoms with Crippen LogP contribution in [-0.2, 0) is 6.54 Å². The monoisotopic (exact) mass is 237 g/mol. The molecule has 3 nitrogen and oxygen atoms in total. The van der Waals surface area contributed by atoms with Crippen molar-refractivity contribution in [1.82, 2.24) is 4.90 Å². The van der Waals surface area contributed by atoms with Gasteiger partial charge in [-0.05, 0) is 44.0 Å². The van der Waals surface area contributed by atoms with E-state index in [1.165, 1.54) is 18.9 Å². The number of anilines is 1. The van der Waals surface area contributed by atoms with Gasteiger partial charge in [-0.1, -0.05) is 13.0 Å². The summed E-state index contributed by atoms with van der Waals surface area (Å²) in [6, 6.07) is 5.06. The summed E-state index contributed by atoms with van der Waals surface area (Å²) < 4.78 is 13.7. The summed E-state index contributed by atoms with van der Waals surface area (Å²) in [5.41, 5.74) is 3.81. The van der Waals surface area contributed by atoms with Crippen LogP contribution in [0.2, 0.25) is 0 Å². The molecule has 0 saturated carbocycles. The van der Waals surface area contributed by atoms with E-state index in [0.717, 1.165) is 24.6 Å². The van der Waals surface area contributed by atoms with E-state index in [1.807, 2.05) is 12.1 Å². The Balaban J connectivity index is 1.99. The quantitative estimate of drug-likeness (QED) is 0.626. The van der Waals surface area contributed by atoms with Crippen LogP contribution in [0, 0.1) is 11.7 Å². The Morgan fingerprint density at radius 1 is 1.41 bits per heavy atom. The number of halogens is 1. The Morgan fingerprint density at radius 2 is 2.12 bits per heavy atom. The van der Waals surface area contributed by atoms with Gasteiger partial charge in [-0.15, -0.1) is 0 Å². The second-order valence-electron chi connectivity index (χ2n) is 4.91. The van der Waals surface area contributed by atoms with Gasteiger partial charge in [0.25, 0.3) is 0 Å². The standard InChI is InChI=1S/C13H20FN3/c1-10-4-6-17(7-5-10)9-11-2-3-12(16-15)8-13(11)14/h2-3,8,10,16H,4-7,9,15H2,1H3. The molecule has 0 amide bonds. The molecule has 1 heterocycles. The first-order valence-electron chi connectivity index (χ1n) is 6.16. The number of nitrogens with two attached hydrogens (primary N) is 1. The number of hydrogen-bond donors (Lipinski definition) is 2. The number of nitrogen functional groups attached to an aromatic ring is 1. The van der Waals surface area contributed by atoms with Gasteiger partial charge < -0.3 is 5.43 Å². The Bertz CT molecular complexity index is 373. The molecule has 3 N–H and O–H groups in total. The molecule has 1 fully saturated rings. The van der Waals surface area contributed by atoms with Gasteiger partial charge in [-0.25, -0.2) is 4.39 Å². The third kappa shape index (κ3) is 3.17. The number of rotatable bonds is 3. The van der Waals surface area contributed by atoms with Crippen molar-refractivity contribution < 1.29 is 4.39 Å². The van der Waals surface area contributed by atoms with Crippen molar-refractivity contribution >= 4 is 5.69 Å². The minimum absolute atomic E-state index is 0.181. The molecule has 1 aromatic rings. The maximum absolute atomic E-state index is 13.7. The zero-order chi connectivity index (χ0) is 12.3. The molecular weight excluding hydrogens is 217 g/mol. The van der Waals surface area contributed by atoms with Gasteiger partial charge in [-0.2, -0.15) is 0 Å². The average molecular weight is 237 g/mol. The first-order valence-corrected chi connectivity index (χ1v) is 6.16. The van der Waals surface area contributed by atoms with E-state index in [4.69, 9.17) is 5.84 Å². The average Bonchev–Trinajstić information content (AvgIpc) is 2.34. The molecule has 1 aromatic carbocycles. The molecule has 1 aliphatic heterocycles. The third-order valence-corrected chi connectivity index (χ3v) is 3.49. The number of likely N-dealkylation sites (tertiary alicyclic amines) is 1. The van der Waals surface area contributed by atoms with Gasteiger partial charge in [0.1, 0.15) is 5.82 Å². The number of benzene rings is 1. The normalized spacial score (nSPS) is 18.3. The van der Waals surface area contributed by atoms with E-state index in [1.54, 1.807) is 0 Å². The lowest BCUT2D eigenvalue weighted by Gasteiger charge is -2.30. The molecule has 0 unspecified atom stereocenters. The predicted octanol–water partition coefficient (Wildman–Crippen LogP) is 2.34. The molecule has 17 heavy (non-hydrogen) atoms. The topological polar surface area (TPSA) is 41.3 Å². The van der Waals surface area contributed by atoms with Crippen LogP contribution in [0.1, 0.15) is 25.3 Å². The minimum Gasteiger partial charge on any atom is -0.324 e. The maximum atomic E-state index is 13.7. The van der Waals surface area contributed by atoms with Gasteiger partial charge in [0.2, 0.25) is 0 Å². The Labute approximate surface area is 102 Å². The lowest BCUT2D eigenvalue weighted by molar-refractivity contribution is 0.183. The van der Waals surface area contributed by atoms with Crippen molar-refractivity contribution in [3.05, 3.63) is 29.6 Å². The van der Waals surface area contributed by atoms with E-state index >= 15 is 0 Å². The number of piperidine rings is 1. The van der Waals surface area contributed by atoms with Gasteiger partial charge in [0.05, 0.1) is 5.69 Å². The first-order chi connectivity index (χ1) is 8.19. The van der Waals surface area contributed by atoms with Crippen molar-refractivity contribution in [2.75, 3.05) is 18.5 Å². The SMILES string of the molecule is CC1CCN(Cc2ccc(NN)cc2F)CC1. The minimum atomic E-state index is -0.181. The highest BCUT2D eigenvalue weighted by Gasteiger charge is 2.16. The van der Waals surface area contributed by atoms with Crippen LogP contribution in [-0.4, -0.2) is 18.0 Å². The summed E-state index contributed by atoms with van der Waals surface area (Å²) >= 11 is 0. The lowest BCUT2D eigenvalue weighted by Crippen LogP contribution is -2.32. The lowest BCUT2D eigenvalue weighted by atomic mass is 9.99. The van der Waals surface area contributed by atoms with Crippen LogP contribution < -0.4 is 11.3 Å². The van der Waals surface area contributed by atoms with Crippen LogP contribution in [0.4, 0.5) is 10.1 Å². The second kappa shape index (κ2) is 5.47. The second-order valence-corrected chi connectivity index (χ2v) is 4.91. The molecule has 2 rings (SSSR count). The van der Waals surface area contributed by atoms with Gasteiger partial charge >= 0.3 is 0 Å². The molecule has 0 aromatic heterocycles. The van der Waals surface area contributed by atoms with Crippen LogP contribution in [0.15, 0.2) is 18.2 Å². The van der Waals surface area contributed by atoms with E-state index in [9.17, 15) is 4.39 Å². The van der Waals surface area contributed by atoms with Crippen LogP contribution in [0.3, 0.4) is 0 Å². The predicted molar refractivity (Wildman–Crippen MR) is 67.9 cm³/mol.